The molecule has 0 N–H and O–H groups in total. The number of hydrogen-bond acceptors (Lipinski definition) is 4. The predicted molar refractivity (Wildman–Crippen MR) is 172 cm³/mol. The van der Waals surface area contributed by atoms with Gasteiger partial charge >= 0.3 is 0 Å². The summed E-state index contributed by atoms with van der Waals surface area (Å²) in [7, 11) is 0. The van der Waals surface area contributed by atoms with Crippen LogP contribution in [0.2, 0.25) is 0 Å². The molecule has 0 radical (unpaired) electrons. The minimum atomic E-state index is -0.525. The maximum absolute atomic E-state index is 6.52. The van der Waals surface area contributed by atoms with E-state index in [2.05, 4.69) is 126 Å². The Bertz CT molecular complexity index is 1600. The molecule has 6 rings (SSSR count). The second-order valence-electron chi connectivity index (χ2n) is 12.2. The normalized spacial score (nSPS) is 18.6. The first-order valence-corrected chi connectivity index (χ1v) is 15.5. The molecule has 1 fully saturated rings. The summed E-state index contributed by atoms with van der Waals surface area (Å²) in [6, 6.07) is 33.7. The second-order valence-corrected chi connectivity index (χ2v) is 12.2. The van der Waals surface area contributed by atoms with Gasteiger partial charge in [0.2, 0.25) is 6.29 Å². The Hall–Kier alpha value is -4.00. The zero-order valence-electron chi connectivity index (χ0n) is 25.6. The average molecular weight is 575 g/mol. The Labute approximate surface area is 255 Å². The number of benzene rings is 3. The van der Waals surface area contributed by atoms with E-state index in [9.17, 15) is 0 Å². The lowest BCUT2D eigenvalue weighted by Crippen LogP contribution is -2.37. The highest BCUT2D eigenvalue weighted by Crippen LogP contribution is 2.40. The van der Waals surface area contributed by atoms with Crippen LogP contribution >= 0.6 is 0 Å². The highest BCUT2D eigenvalue weighted by atomic mass is 16.7. The summed E-state index contributed by atoms with van der Waals surface area (Å²) < 4.78 is 17.5. The van der Waals surface area contributed by atoms with Gasteiger partial charge in [0, 0.05) is 35.3 Å². The summed E-state index contributed by atoms with van der Waals surface area (Å²) in [4.78, 5) is 5.25. The summed E-state index contributed by atoms with van der Waals surface area (Å²) >= 11 is 0. The fourth-order valence-electron chi connectivity index (χ4n) is 6.09. The Morgan fingerprint density at radius 2 is 1.42 bits per heavy atom. The average Bonchev–Trinajstić information content (AvgIpc) is 3.57. The van der Waals surface area contributed by atoms with Crippen molar-refractivity contribution in [2.45, 2.75) is 65.8 Å². The van der Waals surface area contributed by atoms with Gasteiger partial charge in [-0.1, -0.05) is 111 Å². The molecule has 6 heteroatoms. The fraction of sp³-hybridized carbons (Fsp3) is 0.351. The number of hydrogen-bond donors (Lipinski definition) is 0. The molecule has 1 saturated heterocycles. The van der Waals surface area contributed by atoms with Crippen molar-refractivity contribution in [1.29, 1.82) is 0 Å². The van der Waals surface area contributed by atoms with Gasteiger partial charge in [-0.05, 0) is 38.3 Å². The summed E-state index contributed by atoms with van der Waals surface area (Å²) in [6.07, 6.45) is 3.98. The van der Waals surface area contributed by atoms with Crippen molar-refractivity contribution in [2.75, 3.05) is 13.2 Å². The first kappa shape index (κ1) is 29.1. The van der Waals surface area contributed by atoms with E-state index < -0.39 is 6.29 Å². The lowest BCUT2D eigenvalue weighted by molar-refractivity contribution is -0.236. The van der Waals surface area contributed by atoms with E-state index in [1.165, 1.54) is 17.7 Å². The van der Waals surface area contributed by atoms with Gasteiger partial charge < -0.3 is 14.0 Å². The third kappa shape index (κ3) is 6.82. The first-order chi connectivity index (χ1) is 21.0. The molecule has 0 amide bonds. The Morgan fingerprint density at radius 3 is 2.05 bits per heavy atom. The van der Waals surface area contributed by atoms with Crippen LogP contribution in [0.25, 0.3) is 22.5 Å². The lowest BCUT2D eigenvalue weighted by atomic mass is 9.86. The number of rotatable bonds is 11. The molecule has 5 aromatic rings. The van der Waals surface area contributed by atoms with Crippen LogP contribution in [0.1, 0.15) is 61.7 Å². The van der Waals surface area contributed by atoms with Gasteiger partial charge in [0.15, 0.2) is 5.82 Å². The molecule has 0 aliphatic carbocycles. The number of nitrogens with zero attached hydrogens (tertiary/aromatic N) is 4. The van der Waals surface area contributed by atoms with E-state index in [0.29, 0.717) is 19.8 Å². The van der Waals surface area contributed by atoms with Crippen LogP contribution in [-0.4, -0.2) is 32.5 Å². The fourth-order valence-corrected chi connectivity index (χ4v) is 6.09. The van der Waals surface area contributed by atoms with Crippen LogP contribution in [0.3, 0.4) is 0 Å². The molecule has 0 saturated carbocycles. The zero-order chi connectivity index (χ0) is 29.6. The second kappa shape index (κ2) is 13.1. The van der Waals surface area contributed by atoms with Crippen LogP contribution in [0.15, 0.2) is 97.1 Å². The van der Waals surface area contributed by atoms with Crippen molar-refractivity contribution in [2.24, 2.45) is 5.41 Å². The van der Waals surface area contributed by atoms with Crippen molar-refractivity contribution >= 4 is 0 Å². The van der Waals surface area contributed by atoms with Gasteiger partial charge in [0.25, 0.3) is 0 Å². The van der Waals surface area contributed by atoms with E-state index in [0.717, 1.165) is 59.8 Å². The van der Waals surface area contributed by atoms with Crippen molar-refractivity contribution < 1.29 is 9.47 Å². The predicted octanol–water partition coefficient (Wildman–Crippen LogP) is 8.39. The van der Waals surface area contributed by atoms with Gasteiger partial charge in [0.05, 0.1) is 30.3 Å². The van der Waals surface area contributed by atoms with Gasteiger partial charge in [-0.15, -0.1) is 0 Å². The van der Waals surface area contributed by atoms with E-state index in [1.807, 2.05) is 6.07 Å². The number of aromatic nitrogens is 4. The molecule has 222 valence electrons. The molecule has 3 aromatic carbocycles. The first-order valence-electron chi connectivity index (χ1n) is 15.5. The molecule has 0 atom stereocenters. The van der Waals surface area contributed by atoms with Gasteiger partial charge in [-0.2, -0.15) is 5.10 Å². The highest BCUT2D eigenvalue weighted by molar-refractivity contribution is 5.79. The Balaban J connectivity index is 1.21. The number of aryl methyl sites for hydroxylation is 3. The molecule has 43 heavy (non-hydrogen) atoms. The molecule has 2 aromatic heterocycles. The van der Waals surface area contributed by atoms with Crippen LogP contribution in [0.5, 0.6) is 0 Å². The van der Waals surface area contributed by atoms with Crippen LogP contribution < -0.4 is 0 Å². The Kier molecular flexibility index (Phi) is 8.87. The SMILES string of the molecule is Cc1cc(C)n(CCCCCC2(C)COC(c3nc(-c4ccccc4)c(-c4ccccc4)n3Cc3ccccc3)OC2)n1. The number of ether oxygens (including phenoxy) is 2. The van der Waals surface area contributed by atoms with Crippen molar-refractivity contribution in [3.05, 3.63) is 120 Å². The third-order valence-corrected chi connectivity index (χ3v) is 8.41. The Morgan fingerprint density at radius 1 is 0.791 bits per heavy atom. The molecular weight excluding hydrogens is 532 g/mol. The summed E-state index contributed by atoms with van der Waals surface area (Å²) in [5.41, 5.74) is 7.74. The maximum Gasteiger partial charge on any atom is 0.217 e. The van der Waals surface area contributed by atoms with E-state index in [1.54, 1.807) is 0 Å². The van der Waals surface area contributed by atoms with Crippen LogP contribution in [-0.2, 0) is 22.6 Å². The van der Waals surface area contributed by atoms with Crippen molar-refractivity contribution in [3.63, 3.8) is 0 Å². The van der Waals surface area contributed by atoms with Crippen LogP contribution in [0.4, 0.5) is 0 Å². The molecule has 0 bridgehead atoms. The van der Waals surface area contributed by atoms with Crippen LogP contribution in [0, 0.1) is 19.3 Å². The molecule has 1 aliphatic rings. The number of unbranched alkanes of at least 4 members (excludes halogenated alkanes) is 2. The van der Waals surface area contributed by atoms with Gasteiger partial charge in [0.1, 0.15) is 0 Å². The van der Waals surface area contributed by atoms with Gasteiger partial charge in [-0.3, -0.25) is 4.68 Å². The largest absolute Gasteiger partial charge is 0.345 e. The quantitative estimate of drug-likeness (QED) is 0.149. The van der Waals surface area contributed by atoms with E-state index in [-0.39, 0.29) is 5.41 Å². The van der Waals surface area contributed by atoms with Crippen molar-refractivity contribution in [1.82, 2.24) is 19.3 Å². The monoisotopic (exact) mass is 574 g/mol. The molecule has 3 heterocycles. The number of imidazole rings is 1. The molecule has 0 unspecified atom stereocenters. The minimum absolute atomic E-state index is 0.0178. The van der Waals surface area contributed by atoms with Gasteiger partial charge in [-0.25, -0.2) is 4.98 Å². The zero-order valence-corrected chi connectivity index (χ0v) is 25.6. The smallest absolute Gasteiger partial charge is 0.217 e. The topological polar surface area (TPSA) is 54.1 Å². The molecular formula is C37H42N4O2. The lowest BCUT2D eigenvalue weighted by Gasteiger charge is -2.37. The molecule has 6 nitrogen and oxygen atoms in total. The molecule has 1 aliphatic heterocycles. The van der Waals surface area contributed by atoms with E-state index >= 15 is 0 Å². The summed E-state index contributed by atoms with van der Waals surface area (Å²) in [5.74, 6) is 0.813. The van der Waals surface area contributed by atoms with E-state index in [4.69, 9.17) is 14.5 Å². The maximum atomic E-state index is 6.52. The standard InChI is InChI=1S/C37H42N4O2/c1-28-24-29(2)41(39-28)23-15-7-14-22-37(3)26-42-36(43-27-37)35-38-33(31-18-10-5-11-19-31)34(32-20-12-6-13-21-32)40(35)25-30-16-8-4-9-17-30/h4-6,8-13,16-21,24,36H,7,14-15,22-23,25-27H2,1-3H3. The summed E-state index contributed by atoms with van der Waals surface area (Å²) in [5, 5.41) is 4.60. The van der Waals surface area contributed by atoms with Crippen molar-refractivity contribution in [3.8, 4) is 22.5 Å². The molecule has 0 spiro atoms. The highest BCUT2D eigenvalue weighted by Gasteiger charge is 2.36. The summed E-state index contributed by atoms with van der Waals surface area (Å²) in [6.45, 7) is 9.42. The minimum Gasteiger partial charge on any atom is -0.345 e. The third-order valence-electron chi connectivity index (χ3n) is 8.41.